The number of hydrogen-bond acceptors (Lipinski definition) is 2. The molecular weight excluding hydrogens is 152 g/mol. The van der Waals surface area contributed by atoms with Gasteiger partial charge in [0.05, 0.1) is 0 Å². The van der Waals surface area contributed by atoms with Crippen molar-refractivity contribution in [3.8, 4) is 0 Å². The van der Waals surface area contributed by atoms with E-state index < -0.39 is 5.41 Å². The molecule has 0 aromatic heterocycles. The topological polar surface area (TPSA) is 55.5 Å². The highest BCUT2D eigenvalue weighted by molar-refractivity contribution is 6.06. The molecular formula is C9H8N2O. The average Bonchev–Trinajstić information content (AvgIpc) is 2.48. The fourth-order valence-corrected chi connectivity index (χ4v) is 1.39. The second-order valence-electron chi connectivity index (χ2n) is 2.81. The Morgan fingerprint density at radius 3 is 3.00 bits per heavy atom. The number of hydrogen-bond donors (Lipinski definition) is 1. The van der Waals surface area contributed by atoms with Crippen molar-refractivity contribution >= 4 is 12.1 Å². The van der Waals surface area contributed by atoms with Crippen molar-refractivity contribution in [3.63, 3.8) is 0 Å². The molecule has 1 atom stereocenters. The van der Waals surface area contributed by atoms with Crippen LogP contribution >= 0.6 is 0 Å². The van der Waals surface area contributed by atoms with Crippen LogP contribution < -0.4 is 5.73 Å². The van der Waals surface area contributed by atoms with Gasteiger partial charge in [-0.3, -0.25) is 9.79 Å². The zero-order valence-corrected chi connectivity index (χ0v) is 6.40. The largest absolute Gasteiger partial charge is 0.368 e. The molecule has 0 spiro atoms. The Morgan fingerprint density at radius 1 is 1.50 bits per heavy atom. The van der Waals surface area contributed by atoms with Gasteiger partial charge >= 0.3 is 0 Å². The highest BCUT2D eigenvalue weighted by Crippen LogP contribution is 2.34. The van der Waals surface area contributed by atoms with Crippen molar-refractivity contribution in [3.05, 3.63) is 36.1 Å². The first-order chi connectivity index (χ1) is 5.76. The Bertz CT molecular complexity index is 350. The average molecular weight is 160 g/mol. The zero-order chi connectivity index (χ0) is 8.60. The van der Waals surface area contributed by atoms with Crippen LogP contribution in [0.5, 0.6) is 0 Å². The van der Waals surface area contributed by atoms with Crippen LogP contribution in [0.2, 0.25) is 0 Å². The quantitative estimate of drug-likeness (QED) is 0.598. The molecule has 1 amide bonds. The van der Waals surface area contributed by atoms with E-state index in [1.807, 2.05) is 12.2 Å². The fraction of sp³-hybridized carbons (Fsp3) is 0.111. The van der Waals surface area contributed by atoms with Crippen LogP contribution in [0.3, 0.4) is 0 Å². The summed E-state index contributed by atoms with van der Waals surface area (Å²) >= 11 is 0. The summed E-state index contributed by atoms with van der Waals surface area (Å²) in [7, 11) is 0. The highest BCUT2D eigenvalue weighted by Gasteiger charge is 2.38. The summed E-state index contributed by atoms with van der Waals surface area (Å²) in [5.41, 5.74) is 5.36. The molecule has 2 rings (SSSR count). The van der Waals surface area contributed by atoms with E-state index in [1.165, 1.54) is 0 Å². The van der Waals surface area contributed by atoms with E-state index in [0.29, 0.717) is 0 Å². The van der Waals surface area contributed by atoms with Crippen molar-refractivity contribution < 1.29 is 4.79 Å². The van der Waals surface area contributed by atoms with Gasteiger partial charge in [0.1, 0.15) is 5.41 Å². The van der Waals surface area contributed by atoms with Gasteiger partial charge in [0.25, 0.3) is 0 Å². The molecule has 0 bridgehead atoms. The van der Waals surface area contributed by atoms with Gasteiger partial charge in [0.15, 0.2) is 0 Å². The summed E-state index contributed by atoms with van der Waals surface area (Å²) in [5, 5.41) is 0. The lowest BCUT2D eigenvalue weighted by Crippen LogP contribution is -2.37. The predicted octanol–water partition coefficient (Wildman–Crippen LogP) is 0.552. The van der Waals surface area contributed by atoms with Crippen LogP contribution in [0.25, 0.3) is 0 Å². The van der Waals surface area contributed by atoms with Crippen LogP contribution in [-0.2, 0) is 4.79 Å². The van der Waals surface area contributed by atoms with Crippen LogP contribution in [0.15, 0.2) is 41.1 Å². The van der Waals surface area contributed by atoms with Crippen LogP contribution in [0.4, 0.5) is 0 Å². The third-order valence-corrected chi connectivity index (χ3v) is 2.12. The maximum Gasteiger partial charge on any atom is 0.237 e. The van der Waals surface area contributed by atoms with E-state index in [-0.39, 0.29) is 5.91 Å². The van der Waals surface area contributed by atoms with Gasteiger partial charge in [-0.2, -0.15) is 0 Å². The number of nitrogens with two attached hydrogens (primary N) is 1. The number of rotatable bonds is 1. The lowest BCUT2D eigenvalue weighted by Gasteiger charge is -2.21. The number of fused-ring (bicyclic) bond motifs is 1. The molecule has 2 aliphatic rings. The molecule has 1 aliphatic carbocycles. The molecule has 0 saturated carbocycles. The van der Waals surface area contributed by atoms with Gasteiger partial charge in [-0.25, -0.2) is 0 Å². The molecule has 1 unspecified atom stereocenters. The highest BCUT2D eigenvalue weighted by atomic mass is 16.1. The molecule has 0 fully saturated rings. The number of amides is 1. The van der Waals surface area contributed by atoms with Gasteiger partial charge in [0, 0.05) is 12.4 Å². The van der Waals surface area contributed by atoms with E-state index in [2.05, 4.69) is 4.99 Å². The molecule has 12 heavy (non-hydrogen) atoms. The minimum Gasteiger partial charge on any atom is -0.368 e. The lowest BCUT2D eigenvalue weighted by atomic mass is 9.79. The molecule has 0 aromatic carbocycles. The number of primary amides is 1. The molecule has 2 N–H and O–H groups in total. The van der Waals surface area contributed by atoms with Crippen LogP contribution in [0, 0.1) is 5.41 Å². The number of carbonyl (C=O) groups excluding carboxylic acids is 1. The smallest absolute Gasteiger partial charge is 0.237 e. The van der Waals surface area contributed by atoms with Crippen molar-refractivity contribution in [2.45, 2.75) is 0 Å². The second-order valence-corrected chi connectivity index (χ2v) is 2.81. The van der Waals surface area contributed by atoms with Crippen LogP contribution in [-0.4, -0.2) is 12.1 Å². The Morgan fingerprint density at radius 2 is 2.33 bits per heavy atom. The minimum absolute atomic E-state index is 0.379. The van der Waals surface area contributed by atoms with E-state index in [0.717, 1.165) is 5.57 Å². The van der Waals surface area contributed by atoms with Gasteiger partial charge in [-0.15, -0.1) is 0 Å². The van der Waals surface area contributed by atoms with Gasteiger partial charge in [-0.1, -0.05) is 24.3 Å². The van der Waals surface area contributed by atoms with Gasteiger partial charge < -0.3 is 5.73 Å². The van der Waals surface area contributed by atoms with Gasteiger partial charge in [-0.05, 0) is 5.57 Å². The fourth-order valence-electron chi connectivity index (χ4n) is 1.39. The molecule has 0 radical (unpaired) electrons. The molecule has 3 heteroatoms. The van der Waals surface area contributed by atoms with Gasteiger partial charge in [0.2, 0.25) is 5.91 Å². The van der Waals surface area contributed by atoms with E-state index in [9.17, 15) is 4.79 Å². The van der Waals surface area contributed by atoms with Crippen molar-refractivity contribution in [2.75, 3.05) is 0 Å². The maximum absolute atomic E-state index is 11.2. The Kier molecular flexibility index (Phi) is 1.27. The zero-order valence-electron chi connectivity index (χ0n) is 6.40. The van der Waals surface area contributed by atoms with E-state index in [4.69, 9.17) is 5.73 Å². The second kappa shape index (κ2) is 2.17. The molecule has 1 heterocycles. The maximum atomic E-state index is 11.2. The first-order valence-corrected chi connectivity index (χ1v) is 3.66. The SMILES string of the molecule is NC(=O)C12C=CC=CC1=CN=C2. The lowest BCUT2D eigenvalue weighted by molar-refractivity contribution is -0.121. The molecule has 1 aliphatic heterocycles. The Labute approximate surface area is 70.0 Å². The summed E-state index contributed by atoms with van der Waals surface area (Å²) in [6.07, 6.45) is 10.5. The normalized spacial score (nSPS) is 30.2. The standard InChI is InChI=1S/C9H8N2O/c10-8(12)9-4-2-1-3-7(9)5-11-6-9/h1-6H,(H2,10,12). The predicted molar refractivity (Wildman–Crippen MR) is 46.5 cm³/mol. The molecule has 3 nitrogen and oxygen atoms in total. The van der Waals surface area contributed by atoms with E-state index >= 15 is 0 Å². The number of allylic oxidation sites excluding steroid dienone is 3. The number of carbonyl (C=O) groups is 1. The molecule has 0 saturated heterocycles. The Hall–Kier alpha value is -1.64. The van der Waals surface area contributed by atoms with E-state index in [1.54, 1.807) is 24.6 Å². The summed E-state index contributed by atoms with van der Waals surface area (Å²) in [5.74, 6) is -0.379. The first-order valence-electron chi connectivity index (χ1n) is 3.66. The summed E-state index contributed by atoms with van der Waals surface area (Å²) in [4.78, 5) is 15.1. The summed E-state index contributed by atoms with van der Waals surface area (Å²) < 4.78 is 0. The number of nitrogens with zero attached hydrogens (tertiary/aromatic N) is 1. The summed E-state index contributed by atoms with van der Waals surface area (Å²) in [6.45, 7) is 0. The van der Waals surface area contributed by atoms with Crippen molar-refractivity contribution in [1.29, 1.82) is 0 Å². The van der Waals surface area contributed by atoms with Crippen LogP contribution in [0.1, 0.15) is 0 Å². The molecule has 60 valence electrons. The third kappa shape index (κ3) is 0.704. The third-order valence-electron chi connectivity index (χ3n) is 2.12. The molecule has 0 aromatic rings. The van der Waals surface area contributed by atoms with Crippen molar-refractivity contribution in [1.82, 2.24) is 0 Å². The van der Waals surface area contributed by atoms with Crippen molar-refractivity contribution in [2.24, 2.45) is 16.1 Å². The minimum atomic E-state index is -0.769. The number of aliphatic imine (C=N–C) groups is 1. The summed E-state index contributed by atoms with van der Waals surface area (Å²) in [6, 6.07) is 0. The first kappa shape index (κ1) is 7.03. The Balaban J connectivity index is 2.54. The monoisotopic (exact) mass is 160 g/mol.